The zero-order valence-corrected chi connectivity index (χ0v) is 19.0. The van der Waals surface area contributed by atoms with Crippen LogP contribution in [0.3, 0.4) is 0 Å². The highest BCUT2D eigenvalue weighted by Crippen LogP contribution is 2.28. The number of aromatic nitrogens is 1. The molecule has 4 rings (SSSR count). The average molecular weight is 446 g/mol. The summed E-state index contributed by atoms with van der Waals surface area (Å²) in [6, 6.07) is 15.2. The van der Waals surface area contributed by atoms with Crippen LogP contribution in [-0.4, -0.2) is 29.0 Å². The van der Waals surface area contributed by atoms with Crippen molar-refractivity contribution in [2.75, 3.05) is 6.61 Å². The molecule has 0 radical (unpaired) electrons. The van der Waals surface area contributed by atoms with E-state index in [2.05, 4.69) is 41.2 Å². The van der Waals surface area contributed by atoms with E-state index in [4.69, 9.17) is 4.74 Å². The lowest BCUT2D eigenvalue weighted by molar-refractivity contribution is -0.123. The first-order valence-corrected chi connectivity index (χ1v) is 11.1. The van der Waals surface area contributed by atoms with Gasteiger partial charge < -0.3 is 9.30 Å². The van der Waals surface area contributed by atoms with Gasteiger partial charge in [-0.25, -0.2) is 4.79 Å². The van der Waals surface area contributed by atoms with E-state index < -0.39 is 17.8 Å². The van der Waals surface area contributed by atoms with Crippen molar-refractivity contribution in [2.24, 2.45) is 0 Å². The number of benzene rings is 2. The Bertz CT molecular complexity index is 1230. The molecule has 4 amide bonds. The first-order chi connectivity index (χ1) is 15.9. The number of amides is 4. The summed E-state index contributed by atoms with van der Waals surface area (Å²) in [6.45, 7) is 7.39. The molecule has 1 fully saturated rings. The van der Waals surface area contributed by atoms with Gasteiger partial charge in [-0.05, 0) is 49.1 Å². The van der Waals surface area contributed by atoms with E-state index in [1.165, 1.54) is 5.56 Å². The van der Waals surface area contributed by atoms with Crippen LogP contribution in [0, 0.1) is 6.92 Å². The molecule has 0 unspecified atom stereocenters. The molecular weight excluding hydrogens is 418 g/mol. The van der Waals surface area contributed by atoms with Crippen LogP contribution in [-0.2, 0) is 16.1 Å². The van der Waals surface area contributed by atoms with Crippen molar-refractivity contribution in [3.05, 3.63) is 70.9 Å². The molecule has 2 N–H and O–H groups in total. The number of rotatable bonds is 7. The maximum atomic E-state index is 12.2. The summed E-state index contributed by atoms with van der Waals surface area (Å²) in [5.41, 5.74) is 3.84. The molecule has 1 aliphatic rings. The van der Waals surface area contributed by atoms with Crippen LogP contribution >= 0.6 is 0 Å². The number of fused-ring (bicyclic) bond motifs is 1. The predicted octanol–water partition coefficient (Wildman–Crippen LogP) is 4.29. The molecule has 1 saturated heterocycles. The molecule has 170 valence electrons. The number of carbonyl (C=O) groups is 3. The zero-order valence-electron chi connectivity index (χ0n) is 19.0. The molecule has 2 heterocycles. The number of nitrogens with one attached hydrogen (secondary N) is 2. The standard InChI is InChI=1S/C26H27N3O4/c1-4-16(2)18-9-11-19(12-10-18)33-14-13-29-17(3)21(20-7-5-6-8-23(20)29)15-22-24(30)27-26(32)28-25(22)31/h5-12,15-16H,4,13-14H2,1-3H3,(H2,27,28,30,31,32)/t16-/m1/s1. The third kappa shape index (κ3) is 4.53. The van der Waals surface area contributed by atoms with Gasteiger partial charge in [0.2, 0.25) is 0 Å². The Morgan fingerprint density at radius 2 is 1.67 bits per heavy atom. The Balaban J connectivity index is 1.57. The number of hydrogen-bond acceptors (Lipinski definition) is 4. The van der Waals surface area contributed by atoms with Gasteiger partial charge in [0.1, 0.15) is 17.9 Å². The minimum atomic E-state index is -0.810. The number of imide groups is 2. The Labute approximate surface area is 192 Å². The van der Waals surface area contributed by atoms with Crippen molar-refractivity contribution in [2.45, 2.75) is 39.7 Å². The highest BCUT2D eigenvalue weighted by Gasteiger charge is 2.28. The highest BCUT2D eigenvalue weighted by atomic mass is 16.5. The number of carbonyl (C=O) groups excluding carboxylic acids is 3. The lowest BCUT2D eigenvalue weighted by Crippen LogP contribution is -2.51. The molecule has 1 aliphatic heterocycles. The molecule has 0 spiro atoms. The molecule has 0 aliphatic carbocycles. The third-order valence-electron chi connectivity index (χ3n) is 6.16. The van der Waals surface area contributed by atoms with Crippen LogP contribution in [0.2, 0.25) is 0 Å². The molecule has 0 saturated carbocycles. The van der Waals surface area contributed by atoms with Crippen molar-refractivity contribution in [1.29, 1.82) is 0 Å². The summed E-state index contributed by atoms with van der Waals surface area (Å²) in [7, 11) is 0. The summed E-state index contributed by atoms with van der Waals surface area (Å²) >= 11 is 0. The summed E-state index contributed by atoms with van der Waals surface area (Å²) in [5, 5.41) is 5.15. The van der Waals surface area contributed by atoms with Crippen LogP contribution in [0.15, 0.2) is 54.1 Å². The van der Waals surface area contributed by atoms with Gasteiger partial charge in [-0.2, -0.15) is 0 Å². The summed E-state index contributed by atoms with van der Waals surface area (Å²) in [6.07, 6.45) is 2.64. The van der Waals surface area contributed by atoms with Crippen LogP contribution in [0.25, 0.3) is 17.0 Å². The monoisotopic (exact) mass is 445 g/mol. The quantitative estimate of drug-likeness (QED) is 0.419. The van der Waals surface area contributed by atoms with Crippen molar-refractivity contribution in [1.82, 2.24) is 15.2 Å². The fourth-order valence-corrected chi connectivity index (χ4v) is 4.06. The smallest absolute Gasteiger partial charge is 0.328 e. The summed E-state index contributed by atoms with van der Waals surface area (Å²) in [4.78, 5) is 35.8. The van der Waals surface area contributed by atoms with Crippen LogP contribution in [0.4, 0.5) is 4.79 Å². The molecule has 1 aromatic heterocycles. The lowest BCUT2D eigenvalue weighted by atomic mass is 9.99. The second-order valence-electron chi connectivity index (χ2n) is 8.19. The highest BCUT2D eigenvalue weighted by molar-refractivity contribution is 6.31. The van der Waals surface area contributed by atoms with Gasteiger partial charge in [0, 0.05) is 22.2 Å². The van der Waals surface area contributed by atoms with E-state index in [1.54, 1.807) is 6.08 Å². The fourth-order valence-electron chi connectivity index (χ4n) is 4.06. The Kier molecular flexibility index (Phi) is 6.31. The second kappa shape index (κ2) is 9.32. The Hall–Kier alpha value is -3.87. The molecule has 0 bridgehead atoms. The lowest BCUT2D eigenvalue weighted by Gasteiger charge is -2.14. The largest absolute Gasteiger partial charge is 0.492 e. The maximum absolute atomic E-state index is 12.2. The van der Waals surface area contributed by atoms with E-state index in [0.29, 0.717) is 19.1 Å². The first kappa shape index (κ1) is 22.3. The van der Waals surface area contributed by atoms with Crippen LogP contribution < -0.4 is 15.4 Å². The second-order valence-corrected chi connectivity index (χ2v) is 8.19. The Morgan fingerprint density at radius 1 is 1.00 bits per heavy atom. The van der Waals surface area contributed by atoms with Gasteiger partial charge >= 0.3 is 6.03 Å². The van der Waals surface area contributed by atoms with Crippen molar-refractivity contribution >= 4 is 34.8 Å². The van der Waals surface area contributed by atoms with Crippen molar-refractivity contribution < 1.29 is 19.1 Å². The molecular formula is C26H27N3O4. The molecule has 33 heavy (non-hydrogen) atoms. The van der Waals surface area contributed by atoms with E-state index in [-0.39, 0.29) is 5.57 Å². The number of barbiturate groups is 1. The van der Waals surface area contributed by atoms with E-state index in [1.807, 2.05) is 43.3 Å². The fraction of sp³-hybridized carbons (Fsp3) is 0.269. The topological polar surface area (TPSA) is 89.4 Å². The minimum absolute atomic E-state index is 0.0988. The van der Waals surface area contributed by atoms with Gasteiger partial charge in [-0.15, -0.1) is 0 Å². The van der Waals surface area contributed by atoms with Gasteiger partial charge in [0.15, 0.2) is 0 Å². The molecule has 1 atom stereocenters. The molecule has 2 aromatic carbocycles. The predicted molar refractivity (Wildman–Crippen MR) is 127 cm³/mol. The minimum Gasteiger partial charge on any atom is -0.492 e. The van der Waals surface area contributed by atoms with Gasteiger partial charge in [-0.1, -0.05) is 44.2 Å². The van der Waals surface area contributed by atoms with Gasteiger partial charge in [0.05, 0.1) is 6.54 Å². The SMILES string of the molecule is CC[C@@H](C)c1ccc(OCCn2c(C)c(C=C3C(=O)NC(=O)NC3=O)c3ccccc32)cc1. The maximum Gasteiger partial charge on any atom is 0.328 e. The average Bonchev–Trinajstić information content (AvgIpc) is 3.07. The van der Waals surface area contributed by atoms with Gasteiger partial charge in [-0.3, -0.25) is 20.2 Å². The van der Waals surface area contributed by atoms with E-state index >= 15 is 0 Å². The van der Waals surface area contributed by atoms with Crippen molar-refractivity contribution in [3.8, 4) is 5.75 Å². The normalized spacial score (nSPS) is 14.8. The van der Waals surface area contributed by atoms with Crippen LogP contribution in [0.1, 0.15) is 43.0 Å². The number of nitrogens with zero attached hydrogens (tertiary/aromatic N) is 1. The van der Waals surface area contributed by atoms with Gasteiger partial charge in [0.25, 0.3) is 11.8 Å². The number of urea groups is 1. The number of para-hydroxylation sites is 1. The number of hydrogen-bond donors (Lipinski definition) is 2. The summed E-state index contributed by atoms with van der Waals surface area (Å²) < 4.78 is 8.10. The van der Waals surface area contributed by atoms with Crippen LogP contribution in [0.5, 0.6) is 5.75 Å². The zero-order chi connectivity index (χ0) is 23.5. The van der Waals surface area contributed by atoms with Crippen molar-refractivity contribution in [3.63, 3.8) is 0 Å². The first-order valence-electron chi connectivity index (χ1n) is 11.1. The Morgan fingerprint density at radius 3 is 2.33 bits per heavy atom. The molecule has 3 aromatic rings. The third-order valence-corrected chi connectivity index (χ3v) is 6.16. The summed E-state index contributed by atoms with van der Waals surface area (Å²) in [5.74, 6) is -0.0704. The molecule has 7 heteroatoms. The van der Waals surface area contributed by atoms with E-state index in [0.717, 1.165) is 34.3 Å². The number of ether oxygens (including phenoxy) is 1. The molecule has 7 nitrogen and oxygen atoms in total. The van der Waals surface area contributed by atoms with E-state index in [9.17, 15) is 14.4 Å².